The van der Waals surface area contributed by atoms with Crippen LogP contribution in [-0.4, -0.2) is 24.9 Å². The molecule has 0 aliphatic rings. The molecule has 150 valence electrons. The van der Waals surface area contributed by atoms with Crippen LogP contribution in [0.5, 0.6) is 0 Å². The van der Waals surface area contributed by atoms with E-state index in [0.717, 1.165) is 11.6 Å². The van der Waals surface area contributed by atoms with Gasteiger partial charge in [0.1, 0.15) is 6.04 Å². The van der Waals surface area contributed by atoms with E-state index in [9.17, 15) is 22.8 Å². The normalized spacial score (nSPS) is 11.9. The van der Waals surface area contributed by atoms with E-state index in [1.165, 1.54) is 0 Å². The minimum absolute atomic E-state index is 0.0806. The minimum atomic E-state index is -1.67. The number of carbonyl (C=O) groups excluding carboxylic acids is 2. The number of quaternary nitrogens is 1. The molecular weight excluding hydrogens is 371 g/mol. The second-order valence-electron chi connectivity index (χ2n) is 6.67. The second kappa shape index (κ2) is 9.89. The Balaban J connectivity index is 1.83. The van der Waals surface area contributed by atoms with Crippen LogP contribution in [0.1, 0.15) is 25.5 Å². The summed E-state index contributed by atoms with van der Waals surface area (Å²) < 4.78 is 39.6. The van der Waals surface area contributed by atoms with Gasteiger partial charge >= 0.3 is 0 Å². The van der Waals surface area contributed by atoms with E-state index in [4.69, 9.17) is 0 Å². The Kier molecular flexibility index (Phi) is 7.57. The number of carbonyl (C=O) groups is 2. The number of nitrogens with one attached hydrogen (secondary N) is 2. The fourth-order valence-electron chi connectivity index (χ4n) is 2.77. The maximum Gasteiger partial charge on any atom is 0.275 e. The van der Waals surface area contributed by atoms with Crippen LogP contribution in [0.25, 0.3) is 0 Å². The van der Waals surface area contributed by atoms with Crippen molar-refractivity contribution >= 4 is 17.5 Å². The number of anilines is 1. The van der Waals surface area contributed by atoms with Crippen LogP contribution in [0.4, 0.5) is 18.9 Å². The fraction of sp³-hybridized carbons (Fsp3) is 0.300. The Morgan fingerprint density at radius 3 is 2.29 bits per heavy atom. The van der Waals surface area contributed by atoms with E-state index < -0.39 is 35.6 Å². The molecule has 0 aliphatic carbocycles. The first-order chi connectivity index (χ1) is 13.3. The zero-order chi connectivity index (χ0) is 20.7. The highest BCUT2D eigenvalue weighted by molar-refractivity contribution is 5.94. The molecule has 1 atom stereocenters. The molecule has 0 fully saturated rings. The zero-order valence-electron chi connectivity index (χ0n) is 15.6. The van der Waals surface area contributed by atoms with Gasteiger partial charge in [0.05, 0.1) is 12.2 Å². The molecule has 28 heavy (non-hydrogen) atoms. The fourth-order valence-corrected chi connectivity index (χ4v) is 2.77. The molecular formula is C20H23F3N3O2+. The molecule has 2 rings (SSSR count). The van der Waals surface area contributed by atoms with Crippen molar-refractivity contribution in [3.8, 4) is 0 Å². The first-order valence-corrected chi connectivity index (χ1v) is 8.88. The van der Waals surface area contributed by atoms with Gasteiger partial charge in [0.2, 0.25) is 5.91 Å². The van der Waals surface area contributed by atoms with Crippen molar-refractivity contribution in [1.29, 1.82) is 0 Å². The van der Waals surface area contributed by atoms with Crippen LogP contribution in [0.15, 0.2) is 42.5 Å². The van der Waals surface area contributed by atoms with E-state index in [-0.39, 0.29) is 24.4 Å². The number of rotatable bonds is 8. The van der Waals surface area contributed by atoms with Crippen LogP contribution in [0, 0.1) is 23.4 Å². The first kappa shape index (κ1) is 21.4. The highest BCUT2D eigenvalue weighted by Crippen LogP contribution is 2.19. The lowest BCUT2D eigenvalue weighted by Gasteiger charge is -2.19. The van der Waals surface area contributed by atoms with Crippen LogP contribution in [0.2, 0.25) is 0 Å². The summed E-state index contributed by atoms with van der Waals surface area (Å²) in [4.78, 5) is 23.8. The third kappa shape index (κ3) is 5.82. The topological polar surface area (TPSA) is 74.8 Å². The third-order valence-corrected chi connectivity index (χ3v) is 4.22. The largest absolute Gasteiger partial charge is 0.342 e. The van der Waals surface area contributed by atoms with Gasteiger partial charge in [-0.3, -0.25) is 9.59 Å². The van der Waals surface area contributed by atoms with E-state index in [1.54, 1.807) is 0 Å². The molecule has 2 aromatic carbocycles. The quantitative estimate of drug-likeness (QED) is 0.600. The van der Waals surface area contributed by atoms with Gasteiger partial charge in [0, 0.05) is 11.5 Å². The molecule has 4 N–H and O–H groups in total. The molecule has 2 aromatic rings. The van der Waals surface area contributed by atoms with Gasteiger partial charge < -0.3 is 16.0 Å². The van der Waals surface area contributed by atoms with E-state index >= 15 is 0 Å². The molecule has 8 heteroatoms. The summed E-state index contributed by atoms with van der Waals surface area (Å²) >= 11 is 0. The summed E-state index contributed by atoms with van der Waals surface area (Å²) in [5.41, 5.74) is 0.602. The molecule has 0 spiro atoms. The van der Waals surface area contributed by atoms with Crippen molar-refractivity contribution in [2.45, 2.75) is 19.9 Å². The number of nitrogens with two attached hydrogens (primary N) is 1. The van der Waals surface area contributed by atoms with Crippen molar-refractivity contribution in [1.82, 2.24) is 5.32 Å². The van der Waals surface area contributed by atoms with Gasteiger partial charge in [0.15, 0.2) is 24.0 Å². The summed E-state index contributed by atoms with van der Waals surface area (Å²) in [5.74, 6) is -5.34. The molecule has 0 aliphatic heterocycles. The van der Waals surface area contributed by atoms with Crippen molar-refractivity contribution in [3.63, 3.8) is 0 Å². The second-order valence-corrected chi connectivity index (χ2v) is 6.67. The van der Waals surface area contributed by atoms with Crippen LogP contribution in [-0.2, 0) is 9.59 Å². The van der Waals surface area contributed by atoms with E-state index in [1.807, 2.05) is 35.6 Å². The average Bonchev–Trinajstić information content (AvgIpc) is 2.67. The molecule has 0 aromatic heterocycles. The van der Waals surface area contributed by atoms with Crippen LogP contribution in [0.3, 0.4) is 0 Å². The third-order valence-electron chi connectivity index (χ3n) is 4.22. The highest BCUT2D eigenvalue weighted by Gasteiger charge is 2.20. The molecule has 2 amide bonds. The molecule has 0 saturated heterocycles. The number of benzene rings is 2. The van der Waals surface area contributed by atoms with Gasteiger partial charge in [0.25, 0.3) is 5.91 Å². The van der Waals surface area contributed by atoms with Gasteiger partial charge in [-0.15, -0.1) is 0 Å². The molecule has 0 unspecified atom stereocenters. The number of amides is 2. The predicted molar refractivity (Wildman–Crippen MR) is 98.8 cm³/mol. The van der Waals surface area contributed by atoms with Crippen molar-refractivity contribution in [2.24, 2.45) is 5.92 Å². The van der Waals surface area contributed by atoms with E-state index in [0.29, 0.717) is 6.07 Å². The summed E-state index contributed by atoms with van der Waals surface area (Å²) in [6.07, 6.45) is 0. The Morgan fingerprint density at radius 1 is 0.964 bits per heavy atom. The molecule has 0 bridgehead atoms. The summed E-state index contributed by atoms with van der Waals surface area (Å²) in [6, 6.07) is 11.5. The van der Waals surface area contributed by atoms with E-state index in [2.05, 4.69) is 24.5 Å². The summed E-state index contributed by atoms with van der Waals surface area (Å²) in [5, 5.41) is 6.40. The molecule has 5 nitrogen and oxygen atoms in total. The monoisotopic (exact) mass is 394 g/mol. The number of hydrogen-bond acceptors (Lipinski definition) is 2. The molecule has 0 radical (unpaired) electrons. The summed E-state index contributed by atoms with van der Waals surface area (Å²) in [6.45, 7) is 3.79. The van der Waals surface area contributed by atoms with Crippen molar-refractivity contribution < 1.29 is 28.1 Å². The van der Waals surface area contributed by atoms with Gasteiger partial charge in [-0.05, 0) is 12.1 Å². The Bertz CT molecular complexity index is 829. The lowest BCUT2D eigenvalue weighted by molar-refractivity contribution is -0.692. The average molecular weight is 394 g/mol. The van der Waals surface area contributed by atoms with Crippen molar-refractivity contribution in [2.75, 3.05) is 18.4 Å². The lowest BCUT2D eigenvalue weighted by atomic mass is 9.96. The Hall–Kier alpha value is -2.87. The minimum Gasteiger partial charge on any atom is -0.342 e. The maximum atomic E-state index is 13.5. The van der Waals surface area contributed by atoms with Crippen LogP contribution < -0.4 is 16.0 Å². The SMILES string of the molecule is CC(C)[C@@H]([NH2+]CC(=O)NCC(=O)Nc1ccc(F)c(F)c1F)c1ccccc1. The lowest BCUT2D eigenvalue weighted by Crippen LogP contribution is -2.88. The van der Waals surface area contributed by atoms with Crippen molar-refractivity contribution in [3.05, 3.63) is 65.5 Å². The number of halogens is 3. The highest BCUT2D eigenvalue weighted by atomic mass is 19.2. The van der Waals surface area contributed by atoms with Gasteiger partial charge in [-0.25, -0.2) is 13.2 Å². The molecule has 0 saturated carbocycles. The van der Waals surface area contributed by atoms with Gasteiger partial charge in [-0.1, -0.05) is 44.2 Å². The Labute approximate surface area is 161 Å². The summed E-state index contributed by atoms with van der Waals surface area (Å²) in [7, 11) is 0. The van der Waals surface area contributed by atoms with Crippen LogP contribution >= 0.6 is 0 Å². The molecule has 0 heterocycles. The number of hydrogen-bond donors (Lipinski definition) is 3. The zero-order valence-corrected chi connectivity index (χ0v) is 15.6. The standard InChI is InChI=1S/C20H22F3N3O2/c1-12(2)20(13-6-4-3-5-7-13)25-10-16(27)24-11-17(28)26-15-9-8-14(21)18(22)19(15)23/h3-9,12,20,25H,10-11H2,1-2H3,(H,24,27)(H,26,28)/p+1/t20-/m1/s1. The first-order valence-electron chi connectivity index (χ1n) is 8.88. The Morgan fingerprint density at radius 2 is 1.64 bits per heavy atom. The maximum absolute atomic E-state index is 13.5. The predicted octanol–water partition coefficient (Wildman–Crippen LogP) is 2.12. The van der Waals surface area contributed by atoms with Gasteiger partial charge in [-0.2, -0.15) is 0 Å². The smallest absolute Gasteiger partial charge is 0.275 e.